The molecule has 0 aromatic heterocycles. The molecule has 0 spiro atoms. The van der Waals surface area contributed by atoms with E-state index in [9.17, 15) is 5.11 Å². The van der Waals surface area contributed by atoms with Gasteiger partial charge in [-0.3, -0.25) is 0 Å². The molecule has 2 atom stereocenters. The van der Waals surface area contributed by atoms with Crippen LogP contribution in [0.15, 0.2) is 0 Å². The van der Waals surface area contributed by atoms with E-state index in [1.807, 2.05) is 0 Å². The third-order valence-corrected chi connectivity index (χ3v) is 3.77. The van der Waals surface area contributed by atoms with Gasteiger partial charge in [0, 0.05) is 12.6 Å². The van der Waals surface area contributed by atoms with Crippen LogP contribution in [0, 0.1) is 0 Å². The second kappa shape index (κ2) is 9.76. The maximum Gasteiger partial charge on any atom is 0.0897 e. The molecule has 2 unspecified atom stereocenters. The molecule has 0 radical (unpaired) electrons. The highest BCUT2D eigenvalue weighted by atomic mass is 16.5. The summed E-state index contributed by atoms with van der Waals surface area (Å²) in [6.07, 6.45) is 10.0. The fraction of sp³-hybridized carbons (Fsp3) is 1.00. The average Bonchev–Trinajstić information content (AvgIpc) is 2.87. The molecule has 1 rings (SSSR count). The largest absolute Gasteiger partial charge is 0.389 e. The van der Waals surface area contributed by atoms with Crippen molar-refractivity contribution < 1.29 is 9.84 Å². The van der Waals surface area contributed by atoms with Gasteiger partial charge in [0.1, 0.15) is 0 Å². The molecule has 1 aliphatic carbocycles. The Labute approximate surface area is 112 Å². The first-order valence-corrected chi connectivity index (χ1v) is 7.75. The lowest BCUT2D eigenvalue weighted by Gasteiger charge is -2.19. The molecule has 0 amide bonds. The van der Waals surface area contributed by atoms with Crippen LogP contribution >= 0.6 is 0 Å². The van der Waals surface area contributed by atoms with E-state index in [1.54, 1.807) is 0 Å². The minimum atomic E-state index is -0.362. The van der Waals surface area contributed by atoms with Gasteiger partial charge in [-0.15, -0.1) is 0 Å². The standard InChI is InChI=1S/C15H31NO2/c1-3-4-5-8-13(2)16-11-14(17)12-18-15-9-6-7-10-15/h13-17H,3-12H2,1-2H3. The molecule has 0 heterocycles. The Hall–Kier alpha value is -0.120. The summed E-state index contributed by atoms with van der Waals surface area (Å²) in [5.41, 5.74) is 0. The highest BCUT2D eigenvalue weighted by Gasteiger charge is 2.17. The molecule has 0 aliphatic heterocycles. The highest BCUT2D eigenvalue weighted by Crippen LogP contribution is 2.20. The van der Waals surface area contributed by atoms with Gasteiger partial charge in [0.2, 0.25) is 0 Å². The molecule has 1 aliphatic rings. The van der Waals surface area contributed by atoms with Crippen molar-refractivity contribution >= 4 is 0 Å². The van der Waals surface area contributed by atoms with Crippen LogP contribution < -0.4 is 5.32 Å². The van der Waals surface area contributed by atoms with E-state index >= 15 is 0 Å². The molecule has 0 aromatic rings. The van der Waals surface area contributed by atoms with E-state index in [1.165, 1.54) is 51.4 Å². The van der Waals surface area contributed by atoms with Crippen LogP contribution in [0.1, 0.15) is 65.2 Å². The van der Waals surface area contributed by atoms with Crippen molar-refractivity contribution in [3.05, 3.63) is 0 Å². The van der Waals surface area contributed by atoms with Crippen molar-refractivity contribution in [3.63, 3.8) is 0 Å². The average molecular weight is 257 g/mol. The molecule has 0 aromatic carbocycles. The summed E-state index contributed by atoms with van der Waals surface area (Å²) in [6.45, 7) is 5.56. The Morgan fingerprint density at radius 2 is 2.00 bits per heavy atom. The first-order chi connectivity index (χ1) is 8.72. The maximum atomic E-state index is 9.84. The molecular weight excluding hydrogens is 226 g/mol. The van der Waals surface area contributed by atoms with Crippen LogP contribution in [-0.2, 0) is 4.74 Å². The Morgan fingerprint density at radius 3 is 2.67 bits per heavy atom. The minimum absolute atomic E-state index is 0.362. The molecule has 2 N–H and O–H groups in total. The normalized spacial score (nSPS) is 20.2. The molecule has 0 bridgehead atoms. The predicted octanol–water partition coefficient (Wildman–Crippen LogP) is 2.86. The number of nitrogens with one attached hydrogen (secondary N) is 1. The summed E-state index contributed by atoms with van der Waals surface area (Å²) in [7, 11) is 0. The summed E-state index contributed by atoms with van der Waals surface area (Å²) in [6, 6.07) is 0.498. The number of rotatable bonds is 10. The van der Waals surface area contributed by atoms with E-state index in [-0.39, 0.29) is 6.10 Å². The highest BCUT2D eigenvalue weighted by molar-refractivity contribution is 4.69. The fourth-order valence-corrected chi connectivity index (χ4v) is 2.50. The molecular formula is C15H31NO2. The quantitative estimate of drug-likeness (QED) is 0.591. The summed E-state index contributed by atoms with van der Waals surface area (Å²) in [5, 5.41) is 13.2. The van der Waals surface area contributed by atoms with Gasteiger partial charge in [0.05, 0.1) is 18.8 Å². The van der Waals surface area contributed by atoms with Gasteiger partial charge in [-0.1, -0.05) is 39.0 Å². The van der Waals surface area contributed by atoms with E-state index in [0.717, 1.165) is 0 Å². The Balaban J connectivity index is 1.96. The number of ether oxygens (including phenoxy) is 1. The Morgan fingerprint density at radius 1 is 1.28 bits per heavy atom. The van der Waals surface area contributed by atoms with Crippen LogP contribution in [0.25, 0.3) is 0 Å². The van der Waals surface area contributed by atoms with Crippen LogP contribution in [-0.4, -0.2) is 36.5 Å². The fourth-order valence-electron chi connectivity index (χ4n) is 2.50. The monoisotopic (exact) mass is 257 g/mol. The first-order valence-electron chi connectivity index (χ1n) is 7.75. The summed E-state index contributed by atoms with van der Waals surface area (Å²) >= 11 is 0. The minimum Gasteiger partial charge on any atom is -0.389 e. The van der Waals surface area contributed by atoms with Crippen LogP contribution in [0.2, 0.25) is 0 Å². The van der Waals surface area contributed by atoms with E-state index in [0.29, 0.717) is 25.3 Å². The van der Waals surface area contributed by atoms with Gasteiger partial charge in [-0.2, -0.15) is 0 Å². The molecule has 3 nitrogen and oxygen atoms in total. The van der Waals surface area contributed by atoms with Crippen molar-refractivity contribution in [1.29, 1.82) is 0 Å². The van der Waals surface area contributed by atoms with E-state index in [4.69, 9.17) is 4.74 Å². The molecule has 1 fully saturated rings. The lowest BCUT2D eigenvalue weighted by atomic mass is 10.1. The van der Waals surface area contributed by atoms with E-state index < -0.39 is 0 Å². The SMILES string of the molecule is CCCCCC(C)NCC(O)COC1CCCC1. The summed E-state index contributed by atoms with van der Waals surface area (Å²) in [4.78, 5) is 0. The number of aliphatic hydroxyl groups is 1. The molecule has 18 heavy (non-hydrogen) atoms. The van der Waals surface area contributed by atoms with Crippen LogP contribution in [0.5, 0.6) is 0 Å². The second-order valence-corrected chi connectivity index (χ2v) is 5.70. The lowest BCUT2D eigenvalue weighted by molar-refractivity contribution is -0.00615. The summed E-state index contributed by atoms with van der Waals surface area (Å²) in [5.74, 6) is 0. The van der Waals surface area contributed by atoms with Crippen LogP contribution in [0.3, 0.4) is 0 Å². The Kier molecular flexibility index (Phi) is 8.64. The topological polar surface area (TPSA) is 41.5 Å². The summed E-state index contributed by atoms with van der Waals surface area (Å²) < 4.78 is 5.71. The lowest BCUT2D eigenvalue weighted by Crippen LogP contribution is -2.36. The number of aliphatic hydroxyl groups excluding tert-OH is 1. The predicted molar refractivity (Wildman–Crippen MR) is 75.8 cm³/mol. The third kappa shape index (κ3) is 7.34. The second-order valence-electron chi connectivity index (χ2n) is 5.70. The van der Waals surface area contributed by atoms with Gasteiger partial charge in [-0.25, -0.2) is 0 Å². The van der Waals surface area contributed by atoms with Gasteiger partial charge in [0.15, 0.2) is 0 Å². The van der Waals surface area contributed by atoms with Crippen molar-refractivity contribution in [2.24, 2.45) is 0 Å². The van der Waals surface area contributed by atoms with Crippen molar-refractivity contribution in [2.45, 2.75) is 83.5 Å². The number of unbranched alkanes of at least 4 members (excludes halogenated alkanes) is 2. The molecule has 0 saturated heterocycles. The zero-order chi connectivity index (χ0) is 13.2. The molecule has 1 saturated carbocycles. The van der Waals surface area contributed by atoms with Crippen molar-refractivity contribution in [2.75, 3.05) is 13.2 Å². The smallest absolute Gasteiger partial charge is 0.0897 e. The first kappa shape index (κ1) is 15.9. The van der Waals surface area contributed by atoms with Gasteiger partial charge in [0.25, 0.3) is 0 Å². The zero-order valence-corrected chi connectivity index (χ0v) is 12.2. The number of hydrogen-bond acceptors (Lipinski definition) is 3. The molecule has 108 valence electrons. The molecule has 3 heteroatoms. The van der Waals surface area contributed by atoms with Gasteiger partial charge in [-0.05, 0) is 26.2 Å². The van der Waals surface area contributed by atoms with Crippen LogP contribution in [0.4, 0.5) is 0 Å². The third-order valence-electron chi connectivity index (χ3n) is 3.77. The van der Waals surface area contributed by atoms with Crippen molar-refractivity contribution in [3.8, 4) is 0 Å². The maximum absolute atomic E-state index is 9.84. The van der Waals surface area contributed by atoms with Crippen molar-refractivity contribution in [1.82, 2.24) is 5.32 Å². The van der Waals surface area contributed by atoms with E-state index in [2.05, 4.69) is 19.2 Å². The zero-order valence-electron chi connectivity index (χ0n) is 12.2. The number of hydrogen-bond donors (Lipinski definition) is 2. The Bertz CT molecular complexity index is 193. The van der Waals surface area contributed by atoms with Gasteiger partial charge < -0.3 is 15.2 Å². The van der Waals surface area contributed by atoms with Gasteiger partial charge >= 0.3 is 0 Å².